The molecule has 1 atom stereocenters. The summed E-state index contributed by atoms with van der Waals surface area (Å²) in [7, 11) is -3.34. The van der Waals surface area contributed by atoms with Crippen LogP contribution in [0.1, 0.15) is 117 Å². The zero-order valence-corrected chi connectivity index (χ0v) is 24.7. The fourth-order valence-corrected chi connectivity index (χ4v) is 3.20. The minimum atomic E-state index is -4.64. The normalized spacial score (nSPS) is 12.2. The van der Waals surface area contributed by atoms with Crippen LogP contribution in [0.5, 0.6) is 0 Å². The number of unbranched alkanes of at least 4 members (excludes halogenated alkanes) is 15. The second kappa shape index (κ2) is 31.8. The van der Waals surface area contributed by atoms with Crippen LogP contribution < -0.4 is 0 Å². The lowest BCUT2D eigenvalue weighted by molar-refractivity contribution is -0.790. The predicted octanol–water partition coefficient (Wildman–Crippen LogP) is 6.58. The van der Waals surface area contributed by atoms with Gasteiger partial charge in [0.05, 0.1) is 20.3 Å². The van der Waals surface area contributed by atoms with Crippen LogP contribution in [-0.2, 0) is 54.3 Å². The zero-order chi connectivity index (χ0) is 29.5. The van der Waals surface area contributed by atoms with E-state index >= 15 is 0 Å². The average molecular weight is 595 g/mol. The summed E-state index contributed by atoms with van der Waals surface area (Å²) in [5.74, 6) is 0.00686. The van der Waals surface area contributed by atoms with E-state index in [4.69, 9.17) is 24.1 Å². The summed E-state index contributed by atoms with van der Waals surface area (Å²) in [6.07, 6.45) is 21.0. The molecule has 3 N–H and O–H groups in total. The van der Waals surface area contributed by atoms with Crippen LogP contribution >= 0.6 is 7.82 Å². The lowest BCUT2D eigenvalue weighted by Crippen LogP contribution is -2.11. The van der Waals surface area contributed by atoms with E-state index in [1.807, 2.05) is 0 Å². The standard InChI is InChI=1S/C24H48O10.H3O4P/c1-5-6-7-8-9-10-11-12-13-14-15-16-17-18-19-20-21-26-30-32-34-33-31-27-22-23(2)24(3)28-29-25-4;1-5(2,3)4/h23H,3,5-22H2,1-2,4H3;(H3,1,2,3,4). The van der Waals surface area contributed by atoms with Crippen LogP contribution in [0, 0.1) is 5.92 Å². The molecule has 39 heavy (non-hydrogen) atoms. The van der Waals surface area contributed by atoms with Crippen LogP contribution in [0.15, 0.2) is 12.3 Å². The summed E-state index contributed by atoms with van der Waals surface area (Å²) in [4.78, 5) is 40.0. The molecule has 0 fully saturated rings. The maximum absolute atomic E-state index is 8.88. The molecule has 0 aromatic carbocycles. The molecule has 0 aromatic rings. The molecule has 0 spiro atoms. The Kier molecular flexibility index (Phi) is 33.0. The molecular weight excluding hydrogens is 543 g/mol. The molecule has 14 nitrogen and oxygen atoms in total. The first-order valence-corrected chi connectivity index (χ1v) is 15.2. The van der Waals surface area contributed by atoms with Gasteiger partial charge in [0.2, 0.25) is 0 Å². The monoisotopic (exact) mass is 594 g/mol. The highest BCUT2D eigenvalue weighted by molar-refractivity contribution is 7.45. The van der Waals surface area contributed by atoms with Crippen molar-refractivity contribution in [1.29, 1.82) is 0 Å². The van der Waals surface area contributed by atoms with Gasteiger partial charge in [-0.3, -0.25) is 0 Å². The summed E-state index contributed by atoms with van der Waals surface area (Å²) in [5, 5.41) is 25.2. The summed E-state index contributed by atoms with van der Waals surface area (Å²) in [6, 6.07) is 0. The first-order chi connectivity index (χ1) is 18.7. The Labute approximate surface area is 232 Å². The Morgan fingerprint density at radius 2 is 1.05 bits per heavy atom. The van der Waals surface area contributed by atoms with Gasteiger partial charge >= 0.3 is 7.82 Å². The van der Waals surface area contributed by atoms with Crippen molar-refractivity contribution in [2.24, 2.45) is 5.92 Å². The van der Waals surface area contributed by atoms with E-state index in [0.717, 1.165) is 12.8 Å². The molecule has 0 heterocycles. The number of hydrogen-bond acceptors (Lipinski definition) is 11. The largest absolute Gasteiger partial charge is 0.466 e. The Hall–Kier alpha value is -0.710. The predicted molar refractivity (Wildman–Crippen MR) is 139 cm³/mol. The van der Waals surface area contributed by atoms with E-state index in [1.54, 1.807) is 6.92 Å². The van der Waals surface area contributed by atoms with Crippen LogP contribution in [-0.4, -0.2) is 35.0 Å². The summed E-state index contributed by atoms with van der Waals surface area (Å²) >= 11 is 0. The topological polar surface area (TPSA) is 170 Å². The number of rotatable bonds is 29. The first-order valence-electron chi connectivity index (χ1n) is 13.6. The second-order valence-corrected chi connectivity index (χ2v) is 9.98. The third kappa shape index (κ3) is 41.9. The average Bonchev–Trinajstić information content (AvgIpc) is 2.88. The van der Waals surface area contributed by atoms with Crippen molar-refractivity contribution in [3.8, 4) is 0 Å². The Balaban J connectivity index is 0. The molecule has 0 radical (unpaired) electrons. The molecule has 0 saturated heterocycles. The van der Waals surface area contributed by atoms with E-state index in [0.29, 0.717) is 6.61 Å². The minimum absolute atomic E-state index is 0.0475. The smallest absolute Gasteiger partial charge is 0.313 e. The van der Waals surface area contributed by atoms with Crippen LogP contribution in [0.25, 0.3) is 0 Å². The summed E-state index contributed by atoms with van der Waals surface area (Å²) < 4.78 is 8.88. The maximum Gasteiger partial charge on any atom is 0.466 e. The molecule has 0 amide bonds. The SMILES string of the molecule is C=C(OOOC)C(C)COOOOOOOCCCCCCCCCCCCCCCCCC.O=P(O)(O)O. The van der Waals surface area contributed by atoms with Gasteiger partial charge in [-0.2, -0.15) is 4.89 Å². The van der Waals surface area contributed by atoms with Gasteiger partial charge in [-0.1, -0.05) is 117 Å². The van der Waals surface area contributed by atoms with Gasteiger partial charge in [0.25, 0.3) is 0 Å². The van der Waals surface area contributed by atoms with E-state index in [1.165, 1.54) is 97.0 Å². The highest BCUT2D eigenvalue weighted by Crippen LogP contribution is 2.25. The quantitative estimate of drug-likeness (QED) is 0.0279. The van der Waals surface area contributed by atoms with Gasteiger partial charge in [0.15, 0.2) is 0 Å². The molecule has 0 aliphatic rings. The molecule has 236 valence electrons. The molecule has 1 unspecified atom stereocenters. The molecule has 0 aromatic heterocycles. The number of hydrogen-bond donors (Lipinski definition) is 3. The summed E-state index contributed by atoms with van der Waals surface area (Å²) in [6.45, 7) is 8.06. The van der Waals surface area contributed by atoms with Crippen molar-refractivity contribution < 1.29 is 69.0 Å². The zero-order valence-electron chi connectivity index (χ0n) is 23.8. The highest BCUT2D eigenvalue weighted by atomic mass is 31.2. The number of phosphoric acid groups is 1. The fourth-order valence-electron chi connectivity index (χ4n) is 3.20. The van der Waals surface area contributed by atoms with E-state index in [-0.39, 0.29) is 18.3 Å². The van der Waals surface area contributed by atoms with Crippen molar-refractivity contribution in [1.82, 2.24) is 0 Å². The van der Waals surface area contributed by atoms with Crippen molar-refractivity contribution in [3.63, 3.8) is 0 Å². The second-order valence-electron chi connectivity index (χ2n) is 8.95. The van der Waals surface area contributed by atoms with E-state index in [2.05, 4.69) is 58.4 Å². The van der Waals surface area contributed by atoms with Crippen LogP contribution in [0.2, 0.25) is 0 Å². The molecule has 0 rings (SSSR count). The molecule has 0 saturated carbocycles. The van der Waals surface area contributed by atoms with Gasteiger partial charge in [0, 0.05) is 5.92 Å². The molecule has 15 heteroatoms. The van der Waals surface area contributed by atoms with Gasteiger partial charge in [0.1, 0.15) is 5.76 Å². The van der Waals surface area contributed by atoms with Gasteiger partial charge < -0.3 is 19.6 Å². The Bertz CT molecular complexity index is 541. The van der Waals surface area contributed by atoms with Gasteiger partial charge in [-0.05, 0) is 36.7 Å². The third-order valence-corrected chi connectivity index (χ3v) is 5.37. The highest BCUT2D eigenvalue weighted by Gasteiger charge is 2.11. The maximum atomic E-state index is 8.88. The Morgan fingerprint density at radius 3 is 1.49 bits per heavy atom. The van der Waals surface area contributed by atoms with E-state index in [9.17, 15) is 0 Å². The lowest BCUT2D eigenvalue weighted by Gasteiger charge is -2.11. The molecule has 0 aliphatic carbocycles. The van der Waals surface area contributed by atoms with Crippen molar-refractivity contribution in [3.05, 3.63) is 12.3 Å². The van der Waals surface area contributed by atoms with Crippen molar-refractivity contribution >= 4 is 7.82 Å². The first kappa shape index (κ1) is 40.4. The molecular formula is C24H51O14P. The molecule has 0 aliphatic heterocycles. The van der Waals surface area contributed by atoms with E-state index < -0.39 is 7.82 Å². The third-order valence-electron chi connectivity index (χ3n) is 5.37. The van der Waals surface area contributed by atoms with Gasteiger partial charge in [-0.15, -0.1) is 0 Å². The van der Waals surface area contributed by atoms with Crippen LogP contribution in [0.4, 0.5) is 0 Å². The lowest BCUT2D eigenvalue weighted by atomic mass is 10.0. The van der Waals surface area contributed by atoms with Crippen molar-refractivity contribution in [2.75, 3.05) is 20.3 Å². The molecule has 0 bridgehead atoms. The summed E-state index contributed by atoms with van der Waals surface area (Å²) in [5.41, 5.74) is 0. The minimum Gasteiger partial charge on any atom is -0.313 e. The van der Waals surface area contributed by atoms with Crippen molar-refractivity contribution in [2.45, 2.75) is 117 Å². The van der Waals surface area contributed by atoms with Gasteiger partial charge in [-0.25, -0.2) is 14.3 Å². The fraction of sp³-hybridized carbons (Fsp3) is 0.917. The Morgan fingerprint density at radius 1 is 0.667 bits per heavy atom. The van der Waals surface area contributed by atoms with Crippen LogP contribution in [0.3, 0.4) is 0 Å².